The fraction of sp³-hybridized carbons (Fsp3) is 0.129. The van der Waals surface area contributed by atoms with Gasteiger partial charge in [0.25, 0.3) is 0 Å². The van der Waals surface area contributed by atoms with Crippen LogP contribution in [0.4, 0.5) is 34.1 Å². The van der Waals surface area contributed by atoms with Gasteiger partial charge in [-0.05, 0) is 126 Å². The normalized spacial score (nSPS) is 11.9. The zero-order chi connectivity index (χ0) is 44.0. The van der Waals surface area contributed by atoms with Gasteiger partial charge in [-0.15, -0.1) is 0 Å². The molecule has 312 valence electrons. The lowest BCUT2D eigenvalue weighted by molar-refractivity contribution is 0.590. The average molecular weight is 827 g/mol. The molecular formula is C62H54N2. The summed E-state index contributed by atoms with van der Waals surface area (Å²) in [5.41, 5.74) is 14.3. The van der Waals surface area contributed by atoms with Crippen LogP contribution in [0.1, 0.15) is 52.7 Å². The number of hydrogen-bond acceptors (Lipinski definition) is 2. The summed E-state index contributed by atoms with van der Waals surface area (Å²) >= 11 is 0. The van der Waals surface area contributed by atoms with Crippen molar-refractivity contribution in [3.8, 4) is 22.3 Å². The number of nitrogens with zero attached hydrogens (tertiary/aromatic N) is 2. The Hall–Kier alpha value is -7.42. The molecule has 0 radical (unpaired) electrons. The van der Waals surface area contributed by atoms with Crippen molar-refractivity contribution in [1.82, 2.24) is 0 Å². The zero-order valence-corrected chi connectivity index (χ0v) is 37.7. The maximum absolute atomic E-state index is 2.45. The Balaban J connectivity index is 1.20. The van der Waals surface area contributed by atoms with Crippen LogP contribution in [-0.4, -0.2) is 0 Å². The summed E-state index contributed by atoms with van der Waals surface area (Å²) in [7, 11) is 0. The molecule has 0 unspecified atom stereocenters. The summed E-state index contributed by atoms with van der Waals surface area (Å²) in [4.78, 5) is 4.89. The summed E-state index contributed by atoms with van der Waals surface area (Å²) in [5.74, 6) is 0. The first-order chi connectivity index (χ1) is 31.0. The largest absolute Gasteiger partial charge is 0.310 e. The van der Waals surface area contributed by atoms with Crippen LogP contribution in [-0.2, 0) is 10.8 Å². The molecule has 10 aromatic rings. The highest BCUT2D eigenvalue weighted by Crippen LogP contribution is 2.48. The lowest BCUT2D eigenvalue weighted by Gasteiger charge is -2.30. The molecule has 64 heavy (non-hydrogen) atoms. The Morgan fingerprint density at radius 1 is 0.250 bits per heavy atom. The van der Waals surface area contributed by atoms with E-state index < -0.39 is 0 Å². The monoisotopic (exact) mass is 826 g/mol. The summed E-state index contributed by atoms with van der Waals surface area (Å²) in [6.45, 7) is 13.7. The van der Waals surface area contributed by atoms with E-state index in [4.69, 9.17) is 0 Å². The van der Waals surface area contributed by atoms with Crippen LogP contribution in [0.5, 0.6) is 0 Å². The van der Waals surface area contributed by atoms with Crippen molar-refractivity contribution in [1.29, 1.82) is 0 Å². The predicted octanol–water partition coefficient (Wildman–Crippen LogP) is 18.0. The maximum Gasteiger partial charge on any atom is 0.0546 e. The molecule has 0 aliphatic rings. The molecule has 0 aliphatic heterocycles. The van der Waals surface area contributed by atoms with E-state index in [9.17, 15) is 0 Å². The first-order valence-electron chi connectivity index (χ1n) is 22.5. The molecule has 0 spiro atoms. The van der Waals surface area contributed by atoms with Crippen molar-refractivity contribution in [2.45, 2.75) is 52.4 Å². The molecule has 0 bridgehead atoms. The van der Waals surface area contributed by atoms with Crippen molar-refractivity contribution in [3.05, 3.63) is 230 Å². The van der Waals surface area contributed by atoms with Gasteiger partial charge in [0.1, 0.15) is 0 Å². The molecule has 0 aliphatic carbocycles. The van der Waals surface area contributed by atoms with Crippen LogP contribution in [0.2, 0.25) is 0 Å². The fourth-order valence-corrected chi connectivity index (χ4v) is 9.23. The molecular weight excluding hydrogens is 773 g/mol. The Bertz CT molecular complexity index is 3000. The number of fused-ring (bicyclic) bond motifs is 5. The quantitative estimate of drug-likeness (QED) is 0.141. The van der Waals surface area contributed by atoms with Gasteiger partial charge in [-0.25, -0.2) is 0 Å². The van der Waals surface area contributed by atoms with E-state index >= 15 is 0 Å². The van der Waals surface area contributed by atoms with Crippen LogP contribution in [0, 0.1) is 0 Å². The van der Waals surface area contributed by atoms with Gasteiger partial charge in [-0.2, -0.15) is 0 Å². The molecule has 2 nitrogen and oxygen atoms in total. The molecule has 10 aromatic carbocycles. The summed E-state index contributed by atoms with van der Waals surface area (Å²) in [6, 6.07) is 80.5. The molecule has 0 N–H and O–H groups in total. The molecule has 0 saturated carbocycles. The average Bonchev–Trinajstić information content (AvgIpc) is 3.33. The Morgan fingerprint density at radius 2 is 0.516 bits per heavy atom. The van der Waals surface area contributed by atoms with Crippen molar-refractivity contribution >= 4 is 66.4 Å². The molecule has 10 rings (SSSR count). The Morgan fingerprint density at radius 3 is 0.828 bits per heavy atom. The standard InChI is InChI=1S/C62H54N2/c1-61(2,3)47-29-37-51(38-30-47)63(49-33-25-45(26-34-49)43-17-9-7-10-18-43)59-41-57-54-22-14-16-24-56(54)60(42-58(57)53-21-13-15-23-55(53)59)64(52-39-31-48(32-40-52)62(4,5)6)50-35-27-46(28-36-50)44-19-11-8-12-20-44/h7-42H,1-6H3. The van der Waals surface area contributed by atoms with Crippen LogP contribution >= 0.6 is 0 Å². The van der Waals surface area contributed by atoms with Crippen molar-refractivity contribution in [2.24, 2.45) is 0 Å². The van der Waals surface area contributed by atoms with Crippen LogP contribution in [0.3, 0.4) is 0 Å². The van der Waals surface area contributed by atoms with Crippen molar-refractivity contribution < 1.29 is 0 Å². The third-order valence-electron chi connectivity index (χ3n) is 12.8. The highest BCUT2D eigenvalue weighted by atomic mass is 15.2. The topological polar surface area (TPSA) is 6.48 Å². The van der Waals surface area contributed by atoms with Crippen molar-refractivity contribution in [3.63, 3.8) is 0 Å². The number of rotatable bonds is 8. The first kappa shape index (κ1) is 40.6. The van der Waals surface area contributed by atoms with E-state index in [2.05, 4.69) is 270 Å². The van der Waals surface area contributed by atoms with E-state index in [1.807, 2.05) is 0 Å². The minimum atomic E-state index is 0.0411. The van der Waals surface area contributed by atoms with Gasteiger partial charge in [0, 0.05) is 33.5 Å². The minimum absolute atomic E-state index is 0.0411. The van der Waals surface area contributed by atoms with Crippen LogP contribution < -0.4 is 9.80 Å². The van der Waals surface area contributed by atoms with Gasteiger partial charge in [0.2, 0.25) is 0 Å². The summed E-state index contributed by atoms with van der Waals surface area (Å²) < 4.78 is 0. The predicted molar refractivity (Wildman–Crippen MR) is 277 cm³/mol. The van der Waals surface area contributed by atoms with Crippen molar-refractivity contribution in [2.75, 3.05) is 9.80 Å². The summed E-state index contributed by atoms with van der Waals surface area (Å²) in [6.07, 6.45) is 0. The highest BCUT2D eigenvalue weighted by molar-refractivity contribution is 6.24. The molecule has 0 fully saturated rings. The van der Waals surface area contributed by atoms with E-state index in [-0.39, 0.29) is 10.8 Å². The Kier molecular flexibility index (Phi) is 10.4. The van der Waals surface area contributed by atoms with Gasteiger partial charge in [-0.1, -0.05) is 199 Å². The van der Waals surface area contributed by atoms with Gasteiger partial charge in [0.15, 0.2) is 0 Å². The molecule has 0 saturated heterocycles. The second kappa shape index (κ2) is 16.4. The molecule has 0 heterocycles. The van der Waals surface area contributed by atoms with E-state index in [1.54, 1.807) is 0 Å². The highest BCUT2D eigenvalue weighted by Gasteiger charge is 2.24. The van der Waals surface area contributed by atoms with Crippen LogP contribution in [0.15, 0.2) is 218 Å². The van der Waals surface area contributed by atoms with Gasteiger partial charge in [0.05, 0.1) is 11.4 Å². The number of hydrogen-bond donors (Lipinski definition) is 0. The molecule has 0 atom stereocenters. The van der Waals surface area contributed by atoms with E-state index in [1.165, 1.54) is 65.7 Å². The molecule has 0 aromatic heterocycles. The second-order valence-electron chi connectivity index (χ2n) is 19.1. The smallest absolute Gasteiger partial charge is 0.0546 e. The number of anilines is 6. The lowest BCUT2D eigenvalue weighted by Crippen LogP contribution is -2.14. The van der Waals surface area contributed by atoms with Gasteiger partial charge >= 0.3 is 0 Å². The third-order valence-corrected chi connectivity index (χ3v) is 12.8. The first-order valence-corrected chi connectivity index (χ1v) is 22.5. The molecule has 0 amide bonds. The Labute approximate surface area is 378 Å². The van der Waals surface area contributed by atoms with E-state index in [0.29, 0.717) is 0 Å². The van der Waals surface area contributed by atoms with Crippen LogP contribution in [0.25, 0.3) is 54.6 Å². The fourth-order valence-electron chi connectivity index (χ4n) is 9.23. The third kappa shape index (κ3) is 7.71. The number of benzene rings is 10. The van der Waals surface area contributed by atoms with Gasteiger partial charge < -0.3 is 9.80 Å². The van der Waals surface area contributed by atoms with E-state index in [0.717, 1.165) is 34.1 Å². The SMILES string of the molecule is CC(C)(C)c1ccc(N(c2ccc(-c3ccccc3)cc2)c2cc3c4ccccc4c(N(c4ccc(-c5ccccc5)cc4)c4ccc(C(C)(C)C)cc4)cc3c3ccccc23)cc1. The zero-order valence-electron chi connectivity index (χ0n) is 37.7. The minimum Gasteiger partial charge on any atom is -0.310 e. The van der Waals surface area contributed by atoms with Gasteiger partial charge in [-0.3, -0.25) is 0 Å². The lowest BCUT2D eigenvalue weighted by atomic mass is 9.87. The molecule has 2 heteroatoms. The summed E-state index contributed by atoms with van der Waals surface area (Å²) in [5, 5.41) is 7.23. The maximum atomic E-state index is 2.45. The second-order valence-corrected chi connectivity index (χ2v) is 19.1.